The van der Waals surface area contributed by atoms with Crippen LogP contribution in [0.15, 0.2) is 36.4 Å². The highest BCUT2D eigenvalue weighted by Crippen LogP contribution is 2.33. The van der Waals surface area contributed by atoms with Gasteiger partial charge in [0.1, 0.15) is 23.4 Å². The molecule has 1 unspecified atom stereocenters. The first kappa shape index (κ1) is 19.4. The summed E-state index contributed by atoms with van der Waals surface area (Å²) in [5.74, 6) is -3.08. The Kier molecular flexibility index (Phi) is 5.34. The molecule has 1 atom stereocenters. The molecule has 0 aromatic heterocycles. The summed E-state index contributed by atoms with van der Waals surface area (Å²) in [4.78, 5) is 23.5. The molecule has 2 aromatic rings. The first-order valence-corrected chi connectivity index (χ1v) is 8.03. The van der Waals surface area contributed by atoms with Crippen molar-refractivity contribution in [3.63, 3.8) is 0 Å². The molecule has 1 amide bonds. The van der Waals surface area contributed by atoms with Gasteiger partial charge < -0.3 is 15.0 Å². The molecule has 1 aliphatic rings. The number of carbonyl (C=O) groups is 1. The number of amides is 1. The molecule has 1 heterocycles. The third-order valence-corrected chi connectivity index (χ3v) is 4.13. The molecule has 0 radical (unpaired) electrons. The van der Waals surface area contributed by atoms with Gasteiger partial charge in [0.2, 0.25) is 11.7 Å². The van der Waals surface area contributed by atoms with Gasteiger partial charge in [-0.05, 0) is 24.6 Å². The fourth-order valence-corrected chi connectivity index (χ4v) is 2.93. The first-order valence-electron chi connectivity index (χ1n) is 8.03. The number of benzene rings is 2. The Morgan fingerprint density at radius 3 is 2.50 bits per heavy atom. The average Bonchev–Trinajstić information content (AvgIpc) is 2.95. The van der Waals surface area contributed by atoms with Crippen molar-refractivity contribution in [2.75, 3.05) is 16.8 Å². The Balaban J connectivity index is 1.81. The molecule has 2 aromatic carbocycles. The second-order valence-corrected chi connectivity index (χ2v) is 5.86. The number of para-hydroxylation sites is 1. The maximum atomic E-state index is 13.9. The van der Waals surface area contributed by atoms with Crippen LogP contribution in [0.5, 0.6) is 5.75 Å². The van der Waals surface area contributed by atoms with Crippen LogP contribution in [0.2, 0.25) is 0 Å². The predicted molar refractivity (Wildman–Crippen MR) is 90.5 cm³/mol. The summed E-state index contributed by atoms with van der Waals surface area (Å²) >= 11 is 0. The molecule has 7 nitrogen and oxygen atoms in total. The van der Waals surface area contributed by atoms with Crippen LogP contribution >= 0.6 is 0 Å². The van der Waals surface area contributed by atoms with Crippen molar-refractivity contribution in [2.24, 2.45) is 0 Å². The van der Waals surface area contributed by atoms with Crippen LogP contribution in [-0.4, -0.2) is 30.0 Å². The summed E-state index contributed by atoms with van der Waals surface area (Å²) in [5.41, 5.74) is -1.03. The van der Waals surface area contributed by atoms with Crippen LogP contribution in [-0.2, 0) is 4.79 Å². The molecule has 0 spiro atoms. The third kappa shape index (κ3) is 3.82. The number of carbonyl (C=O) groups excluding carboxylic acids is 1. The Morgan fingerprint density at radius 2 is 1.89 bits per heavy atom. The van der Waals surface area contributed by atoms with Gasteiger partial charge in [0.05, 0.1) is 4.92 Å². The van der Waals surface area contributed by atoms with Crippen LogP contribution in [0.1, 0.15) is 6.42 Å². The van der Waals surface area contributed by atoms with Crippen molar-refractivity contribution in [3.8, 4) is 5.75 Å². The molecule has 0 aliphatic carbocycles. The Labute approximate surface area is 155 Å². The lowest BCUT2D eigenvalue weighted by molar-refractivity contribution is -0.386. The van der Waals surface area contributed by atoms with Gasteiger partial charge in [-0.15, -0.1) is 0 Å². The largest absolute Gasteiger partial charge is 0.427 e. The number of nitro groups is 1. The summed E-state index contributed by atoms with van der Waals surface area (Å²) in [5, 5.41) is 13.6. The molecule has 3 rings (SSSR count). The summed E-state index contributed by atoms with van der Waals surface area (Å²) in [6.07, 6.45) is 0.175. The standard InChI is InChI=1S/C17H13F4N3O4/c18-10-2-1-3-11(19)15(10)23-7-6-12(16(23)25)22-9-4-5-13(24(26)27)14(8-9)28-17(20)21/h1-5,8,12,17,22H,6-7H2. The monoisotopic (exact) mass is 399 g/mol. The van der Waals surface area contributed by atoms with Gasteiger partial charge in [-0.1, -0.05) is 6.07 Å². The average molecular weight is 399 g/mol. The van der Waals surface area contributed by atoms with Crippen molar-refractivity contribution in [1.82, 2.24) is 0 Å². The van der Waals surface area contributed by atoms with E-state index in [0.717, 1.165) is 29.2 Å². The van der Waals surface area contributed by atoms with Gasteiger partial charge >= 0.3 is 12.3 Å². The van der Waals surface area contributed by atoms with Gasteiger partial charge in [0, 0.05) is 24.4 Å². The van der Waals surface area contributed by atoms with E-state index in [0.29, 0.717) is 0 Å². The number of nitrogens with one attached hydrogen (secondary N) is 1. The summed E-state index contributed by atoms with van der Waals surface area (Å²) in [7, 11) is 0. The minimum Gasteiger partial charge on any atom is -0.427 e. The quantitative estimate of drug-likeness (QED) is 0.455. The molecule has 28 heavy (non-hydrogen) atoms. The van der Waals surface area contributed by atoms with Crippen molar-refractivity contribution >= 4 is 23.0 Å². The molecule has 0 bridgehead atoms. The molecule has 11 heteroatoms. The lowest BCUT2D eigenvalue weighted by Crippen LogP contribution is -2.34. The second-order valence-electron chi connectivity index (χ2n) is 5.86. The highest BCUT2D eigenvalue weighted by molar-refractivity contribution is 6.01. The fraction of sp³-hybridized carbons (Fsp3) is 0.235. The Morgan fingerprint density at radius 1 is 1.21 bits per heavy atom. The van der Waals surface area contributed by atoms with Gasteiger partial charge in [0.15, 0.2) is 0 Å². The molecule has 0 saturated carbocycles. The minimum absolute atomic E-state index is 0.0295. The maximum absolute atomic E-state index is 13.9. The predicted octanol–water partition coefficient (Wildman–Crippen LogP) is 3.69. The normalized spacial score (nSPS) is 16.5. The van der Waals surface area contributed by atoms with E-state index >= 15 is 0 Å². The molecule has 1 fully saturated rings. The highest BCUT2D eigenvalue weighted by Gasteiger charge is 2.35. The van der Waals surface area contributed by atoms with E-state index in [1.165, 1.54) is 12.1 Å². The van der Waals surface area contributed by atoms with Gasteiger partial charge in [-0.3, -0.25) is 14.9 Å². The lowest BCUT2D eigenvalue weighted by Gasteiger charge is -2.19. The Bertz CT molecular complexity index is 905. The van der Waals surface area contributed by atoms with Crippen LogP contribution < -0.4 is 15.0 Å². The third-order valence-electron chi connectivity index (χ3n) is 4.13. The van der Waals surface area contributed by atoms with Gasteiger partial charge in [-0.25, -0.2) is 8.78 Å². The van der Waals surface area contributed by atoms with Crippen molar-refractivity contribution in [2.45, 2.75) is 19.1 Å². The summed E-state index contributed by atoms with van der Waals surface area (Å²) in [6, 6.07) is 5.45. The SMILES string of the molecule is O=C1C(Nc2ccc([N+](=O)[O-])c(OC(F)F)c2)CCN1c1c(F)cccc1F. The molecular formula is C17H13F4N3O4. The van der Waals surface area contributed by atoms with Crippen LogP contribution in [0.4, 0.5) is 34.6 Å². The number of nitrogens with zero attached hydrogens (tertiary/aromatic N) is 2. The van der Waals surface area contributed by atoms with E-state index < -0.39 is 52.2 Å². The molecule has 1 N–H and O–H groups in total. The highest BCUT2D eigenvalue weighted by atomic mass is 19.3. The number of nitro benzene ring substituents is 1. The van der Waals surface area contributed by atoms with E-state index in [9.17, 15) is 32.5 Å². The fourth-order valence-electron chi connectivity index (χ4n) is 2.93. The number of hydrogen-bond acceptors (Lipinski definition) is 5. The number of alkyl halides is 2. The van der Waals surface area contributed by atoms with Crippen molar-refractivity contribution in [3.05, 3.63) is 58.1 Å². The number of hydrogen-bond donors (Lipinski definition) is 1. The molecular weight excluding hydrogens is 386 g/mol. The van der Waals surface area contributed by atoms with E-state index in [4.69, 9.17) is 0 Å². The van der Waals surface area contributed by atoms with Gasteiger partial charge in [-0.2, -0.15) is 8.78 Å². The van der Waals surface area contributed by atoms with Crippen LogP contribution in [0.3, 0.4) is 0 Å². The number of halogens is 4. The van der Waals surface area contributed by atoms with E-state index in [1.54, 1.807) is 0 Å². The van der Waals surface area contributed by atoms with E-state index in [1.807, 2.05) is 0 Å². The molecule has 1 aliphatic heterocycles. The zero-order chi connectivity index (χ0) is 20.4. The number of ether oxygens (including phenoxy) is 1. The molecule has 1 saturated heterocycles. The van der Waals surface area contributed by atoms with E-state index in [2.05, 4.69) is 10.1 Å². The van der Waals surface area contributed by atoms with Crippen LogP contribution in [0, 0.1) is 21.7 Å². The van der Waals surface area contributed by atoms with Crippen molar-refractivity contribution < 1.29 is 32.0 Å². The Hall–Kier alpha value is -3.37. The maximum Gasteiger partial charge on any atom is 0.387 e. The lowest BCUT2D eigenvalue weighted by atomic mass is 10.2. The first-order chi connectivity index (χ1) is 13.3. The zero-order valence-corrected chi connectivity index (χ0v) is 14.1. The minimum atomic E-state index is -3.28. The summed E-state index contributed by atoms with van der Waals surface area (Å²) in [6.45, 7) is -3.25. The second kappa shape index (κ2) is 7.71. The van der Waals surface area contributed by atoms with Crippen LogP contribution in [0.25, 0.3) is 0 Å². The number of rotatable bonds is 6. The molecule has 148 valence electrons. The van der Waals surface area contributed by atoms with Crippen molar-refractivity contribution in [1.29, 1.82) is 0 Å². The van der Waals surface area contributed by atoms with Gasteiger partial charge in [0.25, 0.3) is 0 Å². The summed E-state index contributed by atoms with van der Waals surface area (Å²) < 4.78 is 56.9. The zero-order valence-electron chi connectivity index (χ0n) is 14.1. The topological polar surface area (TPSA) is 84.7 Å². The van der Waals surface area contributed by atoms with E-state index in [-0.39, 0.29) is 18.7 Å². The smallest absolute Gasteiger partial charge is 0.387 e. The number of anilines is 2.